The molecule has 5 heteroatoms. The summed E-state index contributed by atoms with van der Waals surface area (Å²) in [7, 11) is 0. The van der Waals surface area contributed by atoms with Crippen molar-refractivity contribution in [2.24, 2.45) is 17.2 Å². The maximum Gasteiger partial charge on any atom is 0.0231 e. The van der Waals surface area contributed by atoms with Gasteiger partial charge in [0.25, 0.3) is 0 Å². The third-order valence-electron chi connectivity index (χ3n) is 7.62. The fourth-order valence-corrected chi connectivity index (χ4v) is 5.17. The normalized spacial score (nSPS) is 14.2. The molecule has 0 fully saturated rings. The third-order valence-corrected chi connectivity index (χ3v) is 7.62. The number of unbranched alkanes of at least 4 members (excludes halogenated alkanes) is 18. The minimum absolute atomic E-state index is 0.0748. The van der Waals surface area contributed by atoms with Crippen LogP contribution in [0, 0.1) is 0 Å². The van der Waals surface area contributed by atoms with Crippen LogP contribution in [0.2, 0.25) is 0 Å². The SMILES string of the molecule is CCCCCCCCCCCCNCC(N)CC(N)C(CCN)NCCCCCCCCCCCC. The molecule has 218 valence electrons. The zero-order chi connectivity index (χ0) is 26.5. The first-order chi connectivity index (χ1) is 17.7. The summed E-state index contributed by atoms with van der Waals surface area (Å²) < 4.78 is 0. The molecular weight excluding hydrogens is 442 g/mol. The summed E-state index contributed by atoms with van der Waals surface area (Å²) in [6, 6.07) is 0.468. The van der Waals surface area contributed by atoms with Crippen molar-refractivity contribution in [3.63, 3.8) is 0 Å². The molecule has 0 saturated carbocycles. The number of hydrogen-bond acceptors (Lipinski definition) is 5. The van der Waals surface area contributed by atoms with E-state index < -0.39 is 0 Å². The quantitative estimate of drug-likeness (QED) is 0.0685. The standard InChI is InChI=1S/C31H69N5/c1-3-5-7-9-11-13-15-17-19-21-25-35-28-29(33)27-30(34)31(23-24-32)36-26-22-20-18-16-14-12-10-8-6-4-2/h29-31,35-36H,3-28,32-34H2,1-2H3. The van der Waals surface area contributed by atoms with Crippen LogP contribution < -0.4 is 27.8 Å². The molecule has 0 heterocycles. The van der Waals surface area contributed by atoms with Gasteiger partial charge in [-0.2, -0.15) is 0 Å². The predicted octanol–water partition coefficient (Wildman–Crippen LogP) is 6.77. The maximum absolute atomic E-state index is 6.55. The van der Waals surface area contributed by atoms with Gasteiger partial charge in [-0.1, -0.05) is 129 Å². The molecule has 0 aromatic heterocycles. The van der Waals surface area contributed by atoms with E-state index in [4.69, 9.17) is 17.2 Å². The van der Waals surface area contributed by atoms with E-state index >= 15 is 0 Å². The van der Waals surface area contributed by atoms with Crippen LogP contribution in [-0.2, 0) is 0 Å². The van der Waals surface area contributed by atoms with Crippen LogP contribution >= 0.6 is 0 Å². The Bertz CT molecular complexity index is 406. The van der Waals surface area contributed by atoms with Gasteiger partial charge >= 0.3 is 0 Å². The van der Waals surface area contributed by atoms with Crippen LogP contribution in [0.25, 0.3) is 0 Å². The minimum Gasteiger partial charge on any atom is -0.330 e. The first kappa shape index (κ1) is 35.8. The van der Waals surface area contributed by atoms with Gasteiger partial charge in [0, 0.05) is 24.7 Å². The molecule has 8 N–H and O–H groups in total. The Morgan fingerprint density at radius 3 is 1.42 bits per heavy atom. The number of nitrogens with one attached hydrogen (secondary N) is 2. The molecule has 36 heavy (non-hydrogen) atoms. The largest absolute Gasteiger partial charge is 0.330 e. The smallest absolute Gasteiger partial charge is 0.0231 e. The summed E-state index contributed by atoms with van der Waals surface area (Å²) in [6.07, 6.45) is 29.3. The monoisotopic (exact) mass is 512 g/mol. The zero-order valence-corrected chi connectivity index (χ0v) is 24.8. The summed E-state index contributed by atoms with van der Waals surface area (Å²) in [4.78, 5) is 0. The molecular formula is C31H69N5. The van der Waals surface area contributed by atoms with Gasteiger partial charge in [0.15, 0.2) is 0 Å². The molecule has 5 nitrogen and oxygen atoms in total. The third kappa shape index (κ3) is 25.4. The lowest BCUT2D eigenvalue weighted by molar-refractivity contribution is 0.364. The van der Waals surface area contributed by atoms with Gasteiger partial charge in [-0.15, -0.1) is 0 Å². The van der Waals surface area contributed by atoms with Crippen LogP contribution in [0.4, 0.5) is 0 Å². The molecule has 0 aromatic carbocycles. The first-order valence-electron chi connectivity index (χ1n) is 16.3. The first-order valence-corrected chi connectivity index (χ1v) is 16.3. The van der Waals surface area contributed by atoms with Gasteiger partial charge in [0.05, 0.1) is 0 Å². The summed E-state index contributed by atoms with van der Waals surface area (Å²) in [5.41, 5.74) is 18.8. The highest BCUT2D eigenvalue weighted by Crippen LogP contribution is 2.12. The molecule has 0 aliphatic carbocycles. The molecule has 0 spiro atoms. The van der Waals surface area contributed by atoms with E-state index in [1.807, 2.05) is 0 Å². The van der Waals surface area contributed by atoms with Gasteiger partial charge in [-0.25, -0.2) is 0 Å². The molecule has 0 amide bonds. The highest BCUT2D eigenvalue weighted by Gasteiger charge is 2.19. The Morgan fingerprint density at radius 2 is 0.972 bits per heavy atom. The van der Waals surface area contributed by atoms with Crippen molar-refractivity contribution in [1.29, 1.82) is 0 Å². The van der Waals surface area contributed by atoms with Crippen LogP contribution in [0.5, 0.6) is 0 Å². The topological polar surface area (TPSA) is 102 Å². The van der Waals surface area contributed by atoms with Crippen molar-refractivity contribution >= 4 is 0 Å². The van der Waals surface area contributed by atoms with Crippen molar-refractivity contribution in [1.82, 2.24) is 10.6 Å². The molecule has 0 saturated heterocycles. The van der Waals surface area contributed by atoms with E-state index in [9.17, 15) is 0 Å². The number of rotatable bonds is 30. The second-order valence-electron chi connectivity index (χ2n) is 11.4. The summed E-state index contributed by atoms with van der Waals surface area (Å²) in [6.45, 7) is 8.22. The zero-order valence-electron chi connectivity index (χ0n) is 24.8. The second kappa shape index (κ2) is 29.4. The Labute approximate surface area is 227 Å². The van der Waals surface area contributed by atoms with Gasteiger partial charge < -0.3 is 27.8 Å². The van der Waals surface area contributed by atoms with Gasteiger partial charge in [-0.3, -0.25) is 0 Å². The molecule has 3 atom stereocenters. The second-order valence-corrected chi connectivity index (χ2v) is 11.4. The highest BCUT2D eigenvalue weighted by atomic mass is 15.0. The molecule has 0 rings (SSSR count). The average molecular weight is 512 g/mol. The Morgan fingerprint density at radius 1 is 0.556 bits per heavy atom. The van der Waals surface area contributed by atoms with E-state index in [0.717, 1.165) is 32.5 Å². The lowest BCUT2D eigenvalue weighted by Gasteiger charge is -2.27. The fraction of sp³-hybridized carbons (Fsp3) is 1.00. The van der Waals surface area contributed by atoms with Crippen molar-refractivity contribution < 1.29 is 0 Å². The summed E-state index contributed by atoms with van der Waals surface area (Å²) in [5.74, 6) is 0. The fourth-order valence-electron chi connectivity index (χ4n) is 5.17. The van der Waals surface area contributed by atoms with Crippen LogP contribution in [-0.4, -0.2) is 44.3 Å². The maximum atomic E-state index is 6.55. The molecule has 0 radical (unpaired) electrons. The van der Waals surface area contributed by atoms with Crippen molar-refractivity contribution in [2.75, 3.05) is 26.2 Å². The van der Waals surface area contributed by atoms with Gasteiger partial charge in [0.2, 0.25) is 0 Å². The van der Waals surface area contributed by atoms with Gasteiger partial charge in [-0.05, 0) is 45.3 Å². The molecule has 0 aliphatic heterocycles. The van der Waals surface area contributed by atoms with Crippen molar-refractivity contribution in [3.8, 4) is 0 Å². The minimum atomic E-state index is 0.0748. The lowest BCUT2D eigenvalue weighted by atomic mass is 9.98. The van der Waals surface area contributed by atoms with Crippen LogP contribution in [0.15, 0.2) is 0 Å². The Hall–Kier alpha value is -0.200. The highest BCUT2D eigenvalue weighted by molar-refractivity contribution is 4.84. The van der Waals surface area contributed by atoms with E-state index in [2.05, 4.69) is 24.5 Å². The predicted molar refractivity (Wildman–Crippen MR) is 163 cm³/mol. The molecule has 0 aliphatic rings. The molecule has 0 bridgehead atoms. The Balaban J connectivity index is 3.68. The van der Waals surface area contributed by atoms with E-state index in [0.29, 0.717) is 6.54 Å². The van der Waals surface area contributed by atoms with Crippen LogP contribution in [0.3, 0.4) is 0 Å². The molecule has 3 unspecified atom stereocenters. The average Bonchev–Trinajstić information content (AvgIpc) is 2.87. The lowest BCUT2D eigenvalue weighted by Crippen LogP contribution is -2.50. The van der Waals surface area contributed by atoms with Crippen molar-refractivity contribution in [3.05, 3.63) is 0 Å². The summed E-state index contributed by atoms with van der Waals surface area (Å²) >= 11 is 0. The van der Waals surface area contributed by atoms with Crippen LogP contribution in [0.1, 0.15) is 155 Å². The Kier molecular flexibility index (Phi) is 29.2. The van der Waals surface area contributed by atoms with E-state index in [1.54, 1.807) is 0 Å². The molecule has 0 aromatic rings. The van der Waals surface area contributed by atoms with Gasteiger partial charge in [0.1, 0.15) is 0 Å². The number of hydrogen-bond donors (Lipinski definition) is 5. The van der Waals surface area contributed by atoms with Crippen molar-refractivity contribution in [2.45, 2.75) is 173 Å². The summed E-state index contributed by atoms with van der Waals surface area (Å²) in [5, 5.41) is 7.24. The number of nitrogens with two attached hydrogens (primary N) is 3. The van der Waals surface area contributed by atoms with E-state index in [1.165, 1.54) is 128 Å². The van der Waals surface area contributed by atoms with E-state index in [-0.39, 0.29) is 18.1 Å².